The van der Waals surface area contributed by atoms with Gasteiger partial charge in [0.05, 0.1) is 24.1 Å². The Kier molecular flexibility index (Phi) is 10.1. The standard InChI is InChI=1S/C27H37N3O7S/c1-28-27(33)25(36-3)16-24(31)23-17-37-22-11-7-10-18(14-22)8-5-6-9-19-12-20(26(32)29-23)15-21(13-19)30(2)38(4,34)35/h7,10-15,23-25,31H,5-6,8-9,16-17H2,1-4H3,(H,28,33)(H,29,32)/t23-,24-,25?/m0/s1. The lowest BCUT2D eigenvalue weighted by atomic mass is 10.0. The number of aliphatic hydroxyl groups excluding tert-OH is 1. The summed E-state index contributed by atoms with van der Waals surface area (Å²) >= 11 is 0. The highest BCUT2D eigenvalue weighted by Gasteiger charge is 2.29. The quantitative estimate of drug-likeness (QED) is 0.480. The van der Waals surface area contributed by atoms with Crippen LogP contribution in [0.15, 0.2) is 42.5 Å². The van der Waals surface area contributed by atoms with E-state index in [1.165, 1.54) is 27.3 Å². The molecule has 0 spiro atoms. The molecule has 38 heavy (non-hydrogen) atoms. The van der Waals surface area contributed by atoms with Crippen LogP contribution in [-0.2, 0) is 32.4 Å². The van der Waals surface area contributed by atoms with Gasteiger partial charge in [-0.15, -0.1) is 0 Å². The molecule has 0 radical (unpaired) electrons. The second kappa shape index (κ2) is 13.1. The summed E-state index contributed by atoms with van der Waals surface area (Å²) < 4.78 is 36.8. The topological polar surface area (TPSA) is 134 Å². The SMILES string of the molecule is CNC(=O)C(C[C@H](O)[C@@H]1COc2cccc(c2)CCCCc2cc(cc(N(C)S(C)(=O)=O)c2)C(=O)N1)OC. The van der Waals surface area contributed by atoms with E-state index in [2.05, 4.69) is 10.6 Å². The van der Waals surface area contributed by atoms with Crippen LogP contribution < -0.4 is 19.7 Å². The molecule has 208 valence electrons. The van der Waals surface area contributed by atoms with E-state index in [9.17, 15) is 23.1 Å². The molecule has 3 N–H and O–H groups in total. The number of aliphatic hydroxyl groups is 1. The lowest BCUT2D eigenvalue weighted by Gasteiger charge is -2.27. The molecular formula is C27H37N3O7S. The molecule has 1 heterocycles. The number of amides is 2. The van der Waals surface area contributed by atoms with E-state index in [1.54, 1.807) is 12.1 Å². The molecule has 2 aromatic carbocycles. The number of fused-ring (bicyclic) bond motifs is 4. The van der Waals surface area contributed by atoms with Gasteiger partial charge in [0.1, 0.15) is 18.5 Å². The van der Waals surface area contributed by atoms with Crippen molar-refractivity contribution < 1.29 is 32.6 Å². The van der Waals surface area contributed by atoms with Crippen molar-refractivity contribution >= 4 is 27.5 Å². The highest BCUT2D eigenvalue weighted by molar-refractivity contribution is 7.92. The highest BCUT2D eigenvalue weighted by atomic mass is 32.2. The van der Waals surface area contributed by atoms with Gasteiger partial charge < -0.3 is 25.2 Å². The average Bonchev–Trinajstić information content (AvgIpc) is 2.90. The Morgan fingerprint density at radius 2 is 1.92 bits per heavy atom. The normalized spacial score (nSPS) is 18.1. The summed E-state index contributed by atoms with van der Waals surface area (Å²) in [6.45, 7) is -0.0592. The number of benzene rings is 2. The molecule has 10 nitrogen and oxygen atoms in total. The van der Waals surface area contributed by atoms with Crippen molar-refractivity contribution in [3.63, 3.8) is 0 Å². The molecule has 3 rings (SSSR count). The second-order valence-corrected chi connectivity index (χ2v) is 11.5. The number of carbonyl (C=O) groups excluding carboxylic acids is 2. The van der Waals surface area contributed by atoms with Gasteiger partial charge in [0.2, 0.25) is 15.9 Å². The number of methoxy groups -OCH3 is 1. The summed E-state index contributed by atoms with van der Waals surface area (Å²) in [6, 6.07) is 11.8. The third-order valence-electron chi connectivity index (χ3n) is 6.67. The first-order valence-corrected chi connectivity index (χ1v) is 14.4. The van der Waals surface area contributed by atoms with E-state index in [0.717, 1.165) is 41.0 Å². The van der Waals surface area contributed by atoms with Gasteiger partial charge in [-0.3, -0.25) is 13.9 Å². The van der Waals surface area contributed by atoms with Crippen LogP contribution in [0.3, 0.4) is 0 Å². The number of anilines is 1. The van der Waals surface area contributed by atoms with Crippen LogP contribution in [-0.4, -0.2) is 77.7 Å². The minimum absolute atomic E-state index is 0.0592. The van der Waals surface area contributed by atoms with Crippen LogP contribution in [0.2, 0.25) is 0 Å². The first kappa shape index (κ1) is 29.4. The number of ether oxygens (including phenoxy) is 2. The zero-order chi connectivity index (χ0) is 27.9. The zero-order valence-electron chi connectivity index (χ0n) is 22.3. The molecule has 0 aromatic heterocycles. The number of likely N-dealkylation sites (N-methyl/N-ethyl adjacent to an activating group) is 1. The molecule has 2 amide bonds. The van der Waals surface area contributed by atoms with E-state index >= 15 is 0 Å². The number of sulfonamides is 1. The Morgan fingerprint density at radius 3 is 2.58 bits per heavy atom. The van der Waals surface area contributed by atoms with Crippen LogP contribution in [0.25, 0.3) is 0 Å². The highest BCUT2D eigenvalue weighted by Crippen LogP contribution is 2.24. The number of hydrogen-bond acceptors (Lipinski definition) is 7. The molecule has 0 saturated carbocycles. The molecule has 1 unspecified atom stereocenters. The molecule has 0 saturated heterocycles. The minimum Gasteiger partial charge on any atom is -0.491 e. The van der Waals surface area contributed by atoms with Gasteiger partial charge >= 0.3 is 0 Å². The van der Waals surface area contributed by atoms with Crippen LogP contribution >= 0.6 is 0 Å². The van der Waals surface area contributed by atoms with E-state index in [-0.39, 0.29) is 18.6 Å². The Balaban J connectivity index is 1.98. The smallest absolute Gasteiger partial charge is 0.251 e. The van der Waals surface area contributed by atoms with Crippen molar-refractivity contribution in [2.75, 3.05) is 38.4 Å². The van der Waals surface area contributed by atoms with Gasteiger partial charge in [0.15, 0.2) is 0 Å². The van der Waals surface area contributed by atoms with E-state index in [0.29, 0.717) is 17.9 Å². The summed E-state index contributed by atoms with van der Waals surface area (Å²) in [4.78, 5) is 25.6. The molecule has 4 bridgehead atoms. The van der Waals surface area contributed by atoms with Crippen molar-refractivity contribution in [2.24, 2.45) is 0 Å². The Hall–Kier alpha value is -3.15. The molecule has 2 aromatic rings. The van der Waals surface area contributed by atoms with Gasteiger partial charge in [-0.05, 0) is 67.1 Å². The van der Waals surface area contributed by atoms with Crippen LogP contribution in [0.1, 0.15) is 40.7 Å². The van der Waals surface area contributed by atoms with Crippen molar-refractivity contribution in [1.29, 1.82) is 0 Å². The predicted octanol–water partition coefficient (Wildman–Crippen LogP) is 1.65. The van der Waals surface area contributed by atoms with Gasteiger partial charge in [-0.2, -0.15) is 0 Å². The largest absolute Gasteiger partial charge is 0.491 e. The number of carbonyl (C=O) groups is 2. The van der Waals surface area contributed by atoms with E-state index < -0.39 is 40.1 Å². The molecule has 11 heteroatoms. The van der Waals surface area contributed by atoms with E-state index in [1.807, 2.05) is 24.3 Å². The lowest BCUT2D eigenvalue weighted by molar-refractivity contribution is -0.132. The maximum absolute atomic E-state index is 13.4. The molecule has 0 fully saturated rings. The molecule has 3 atom stereocenters. The summed E-state index contributed by atoms with van der Waals surface area (Å²) in [5.74, 6) is -0.291. The van der Waals surface area contributed by atoms with Crippen LogP contribution in [0, 0.1) is 0 Å². The van der Waals surface area contributed by atoms with Crippen molar-refractivity contribution in [3.8, 4) is 5.75 Å². The number of aryl methyl sites for hydroxylation is 2. The summed E-state index contributed by atoms with van der Waals surface area (Å²) in [6.07, 6.45) is 2.16. The van der Waals surface area contributed by atoms with Gasteiger partial charge in [-0.25, -0.2) is 8.42 Å². The second-order valence-electron chi connectivity index (χ2n) is 9.51. The summed E-state index contributed by atoms with van der Waals surface area (Å²) in [7, 11) is 0.733. The van der Waals surface area contributed by atoms with Gasteiger partial charge in [-0.1, -0.05) is 12.1 Å². The zero-order valence-corrected chi connectivity index (χ0v) is 23.1. The number of hydrogen-bond donors (Lipinski definition) is 3. The number of nitrogens with one attached hydrogen (secondary N) is 2. The predicted molar refractivity (Wildman–Crippen MR) is 145 cm³/mol. The average molecular weight is 548 g/mol. The summed E-state index contributed by atoms with van der Waals surface area (Å²) in [5, 5.41) is 16.4. The van der Waals surface area contributed by atoms with Crippen LogP contribution in [0.5, 0.6) is 5.75 Å². The maximum atomic E-state index is 13.4. The van der Waals surface area contributed by atoms with Gasteiger partial charge in [0.25, 0.3) is 5.91 Å². The number of nitrogens with zero attached hydrogens (tertiary/aromatic N) is 1. The minimum atomic E-state index is -3.55. The first-order valence-electron chi connectivity index (χ1n) is 12.5. The molecule has 1 aliphatic rings. The monoisotopic (exact) mass is 547 g/mol. The fraction of sp³-hybridized carbons (Fsp3) is 0.481. The first-order chi connectivity index (χ1) is 18.0. The van der Waals surface area contributed by atoms with Crippen LogP contribution in [0.4, 0.5) is 5.69 Å². The Bertz CT molecular complexity index is 1230. The fourth-order valence-corrected chi connectivity index (χ4v) is 4.80. The van der Waals surface area contributed by atoms with E-state index in [4.69, 9.17) is 9.47 Å². The summed E-state index contributed by atoms with van der Waals surface area (Å²) in [5.41, 5.74) is 2.57. The molecule has 1 aliphatic heterocycles. The third-order valence-corrected chi connectivity index (χ3v) is 7.88. The van der Waals surface area contributed by atoms with Crippen molar-refractivity contribution in [2.45, 2.75) is 50.4 Å². The van der Waals surface area contributed by atoms with Crippen molar-refractivity contribution in [3.05, 3.63) is 59.2 Å². The van der Waals surface area contributed by atoms with Gasteiger partial charge in [0, 0.05) is 33.2 Å². The molecular weight excluding hydrogens is 510 g/mol. The third kappa shape index (κ3) is 7.92. The maximum Gasteiger partial charge on any atom is 0.251 e. The Labute approximate surface area is 224 Å². The van der Waals surface area contributed by atoms with Crippen molar-refractivity contribution in [1.82, 2.24) is 10.6 Å². The number of rotatable bonds is 7. The Morgan fingerprint density at radius 1 is 1.21 bits per heavy atom. The molecule has 0 aliphatic carbocycles. The fourth-order valence-electron chi connectivity index (χ4n) is 4.31. The lowest BCUT2D eigenvalue weighted by Crippen LogP contribution is -2.49.